The minimum atomic E-state index is -0.148. The largest absolute Gasteiger partial charge is 0.376 e. The number of benzene rings is 1. The Morgan fingerprint density at radius 3 is 3.00 bits per heavy atom. The Morgan fingerprint density at radius 1 is 1.40 bits per heavy atom. The van der Waals surface area contributed by atoms with Crippen LogP contribution >= 0.6 is 23.4 Å². The molecule has 10 heteroatoms. The highest BCUT2D eigenvalue weighted by Gasteiger charge is 2.21. The van der Waals surface area contributed by atoms with E-state index in [1.54, 1.807) is 29.2 Å². The van der Waals surface area contributed by atoms with Crippen molar-refractivity contribution >= 4 is 35.0 Å². The molecule has 1 saturated heterocycles. The van der Waals surface area contributed by atoms with Crippen LogP contribution in [0.1, 0.15) is 24.2 Å². The fraction of sp³-hybridized carbons (Fsp3) is 0.400. The average molecular weight is 447 g/mol. The van der Waals surface area contributed by atoms with Crippen molar-refractivity contribution in [1.82, 2.24) is 24.3 Å². The van der Waals surface area contributed by atoms with Crippen molar-refractivity contribution in [2.75, 3.05) is 17.7 Å². The highest BCUT2D eigenvalue weighted by atomic mass is 35.5. The second-order valence-electron chi connectivity index (χ2n) is 7.15. The Bertz CT molecular complexity index is 1030. The molecule has 0 bridgehead atoms. The summed E-state index contributed by atoms with van der Waals surface area (Å²) in [7, 11) is 0. The van der Waals surface area contributed by atoms with Gasteiger partial charge in [-0.05, 0) is 44.9 Å². The molecule has 1 amide bonds. The third-order valence-corrected chi connectivity index (χ3v) is 6.28. The van der Waals surface area contributed by atoms with E-state index >= 15 is 0 Å². The lowest BCUT2D eigenvalue weighted by Crippen LogP contribution is -2.18. The predicted molar refractivity (Wildman–Crippen MR) is 116 cm³/mol. The highest BCUT2D eigenvalue weighted by Crippen LogP contribution is 2.26. The molecule has 0 unspecified atom stereocenters. The minimum absolute atomic E-state index is 0.148. The number of aryl methyl sites for hydroxylation is 1. The van der Waals surface area contributed by atoms with E-state index in [0.717, 1.165) is 42.5 Å². The van der Waals surface area contributed by atoms with Crippen LogP contribution in [-0.2, 0) is 16.1 Å². The second-order valence-corrected chi connectivity index (χ2v) is 8.53. The maximum absolute atomic E-state index is 12.7. The van der Waals surface area contributed by atoms with Crippen molar-refractivity contribution in [2.24, 2.45) is 0 Å². The Hall–Kier alpha value is -2.36. The van der Waals surface area contributed by atoms with Gasteiger partial charge in [-0.1, -0.05) is 23.4 Å². The summed E-state index contributed by atoms with van der Waals surface area (Å²) >= 11 is 7.55. The van der Waals surface area contributed by atoms with Gasteiger partial charge >= 0.3 is 0 Å². The molecule has 0 aliphatic carbocycles. The quantitative estimate of drug-likeness (QED) is 0.557. The summed E-state index contributed by atoms with van der Waals surface area (Å²) < 4.78 is 9.52. The zero-order valence-electron chi connectivity index (χ0n) is 16.8. The maximum atomic E-state index is 12.7. The monoisotopic (exact) mass is 446 g/mol. The SMILES string of the molecule is Cc1nc(SCC(=O)Nc2cc(Cl)ccc2-n2cncn2)n(C[C@H]2CCCO2)c1C. The van der Waals surface area contributed by atoms with Crippen molar-refractivity contribution in [2.45, 2.75) is 44.5 Å². The number of thioether (sulfide) groups is 1. The molecule has 1 N–H and O–H groups in total. The van der Waals surface area contributed by atoms with E-state index in [4.69, 9.17) is 16.3 Å². The first-order valence-electron chi connectivity index (χ1n) is 9.74. The van der Waals surface area contributed by atoms with E-state index in [-0.39, 0.29) is 17.8 Å². The summed E-state index contributed by atoms with van der Waals surface area (Å²) in [4.78, 5) is 21.3. The number of ether oxygens (including phenoxy) is 1. The van der Waals surface area contributed by atoms with Crippen LogP contribution in [0.15, 0.2) is 36.0 Å². The topological polar surface area (TPSA) is 86.9 Å². The molecule has 3 aromatic rings. The van der Waals surface area contributed by atoms with E-state index in [2.05, 4.69) is 31.9 Å². The van der Waals surface area contributed by atoms with Crippen LogP contribution in [0.25, 0.3) is 5.69 Å². The van der Waals surface area contributed by atoms with Gasteiger partial charge in [0.25, 0.3) is 0 Å². The Kier molecular flexibility index (Phi) is 6.40. The Morgan fingerprint density at radius 2 is 2.27 bits per heavy atom. The van der Waals surface area contributed by atoms with Crippen molar-refractivity contribution in [3.63, 3.8) is 0 Å². The number of amides is 1. The van der Waals surface area contributed by atoms with E-state index in [1.807, 2.05) is 6.92 Å². The third kappa shape index (κ3) is 4.69. The van der Waals surface area contributed by atoms with E-state index in [1.165, 1.54) is 18.1 Å². The number of anilines is 1. The first kappa shape index (κ1) is 20.9. The fourth-order valence-electron chi connectivity index (χ4n) is 3.40. The normalized spacial score (nSPS) is 16.2. The molecule has 1 aliphatic heterocycles. The number of rotatable bonds is 7. The number of hydrogen-bond acceptors (Lipinski definition) is 6. The maximum Gasteiger partial charge on any atom is 0.234 e. The zero-order valence-corrected chi connectivity index (χ0v) is 18.4. The van der Waals surface area contributed by atoms with Crippen LogP contribution in [0.2, 0.25) is 5.02 Å². The summed E-state index contributed by atoms with van der Waals surface area (Å²) in [6.45, 7) is 5.62. The number of nitrogens with one attached hydrogen (secondary N) is 1. The van der Waals surface area contributed by atoms with Crippen molar-refractivity contribution < 1.29 is 9.53 Å². The second kappa shape index (κ2) is 9.20. The molecule has 1 aliphatic rings. The van der Waals surface area contributed by atoms with Crippen LogP contribution < -0.4 is 5.32 Å². The van der Waals surface area contributed by atoms with Crippen molar-refractivity contribution in [1.29, 1.82) is 0 Å². The number of hydrogen-bond donors (Lipinski definition) is 1. The fourth-order valence-corrected chi connectivity index (χ4v) is 4.47. The molecule has 30 heavy (non-hydrogen) atoms. The van der Waals surface area contributed by atoms with E-state index in [0.29, 0.717) is 16.4 Å². The van der Waals surface area contributed by atoms with Crippen LogP contribution in [0.4, 0.5) is 5.69 Å². The van der Waals surface area contributed by atoms with Gasteiger partial charge in [-0.15, -0.1) is 0 Å². The smallest absolute Gasteiger partial charge is 0.234 e. The molecule has 4 rings (SSSR count). The predicted octanol–water partition coefficient (Wildman–Crippen LogP) is 3.64. The van der Waals surface area contributed by atoms with Gasteiger partial charge in [0.05, 0.1) is 35.5 Å². The van der Waals surface area contributed by atoms with Gasteiger partial charge in [0, 0.05) is 17.3 Å². The molecule has 1 aromatic carbocycles. The summed E-state index contributed by atoms with van der Waals surface area (Å²) in [5.41, 5.74) is 3.35. The minimum Gasteiger partial charge on any atom is -0.376 e. The molecule has 2 aromatic heterocycles. The molecule has 1 fully saturated rings. The lowest BCUT2D eigenvalue weighted by Gasteiger charge is -2.15. The van der Waals surface area contributed by atoms with Gasteiger partial charge in [-0.2, -0.15) is 5.10 Å². The lowest BCUT2D eigenvalue weighted by molar-refractivity contribution is -0.113. The number of imidazole rings is 1. The van der Waals surface area contributed by atoms with Crippen molar-refractivity contribution in [3.05, 3.63) is 47.3 Å². The highest BCUT2D eigenvalue weighted by molar-refractivity contribution is 7.99. The summed E-state index contributed by atoms with van der Waals surface area (Å²) in [5.74, 6) is 0.0793. The summed E-state index contributed by atoms with van der Waals surface area (Å²) in [6, 6.07) is 5.24. The summed E-state index contributed by atoms with van der Waals surface area (Å²) in [6.07, 6.45) is 5.37. The molecule has 3 heterocycles. The standard InChI is InChI=1S/C20H23ClN6O2S/c1-13-14(2)26(9-16-4-3-7-29-16)20(24-13)30-10-19(28)25-17-8-15(21)5-6-18(17)27-12-22-11-23-27/h5-6,8,11-12,16H,3-4,7,9-10H2,1-2H3,(H,25,28)/t16-/m1/s1. The Labute approximate surface area is 184 Å². The number of aromatic nitrogens is 5. The summed E-state index contributed by atoms with van der Waals surface area (Å²) in [5, 5.41) is 8.42. The van der Waals surface area contributed by atoms with Gasteiger partial charge in [-0.25, -0.2) is 14.6 Å². The van der Waals surface area contributed by atoms with Gasteiger partial charge < -0.3 is 14.6 Å². The number of nitrogens with zero attached hydrogens (tertiary/aromatic N) is 5. The first-order valence-corrected chi connectivity index (χ1v) is 11.1. The molecule has 0 saturated carbocycles. The van der Waals surface area contributed by atoms with Crippen LogP contribution in [0, 0.1) is 13.8 Å². The average Bonchev–Trinajstić information content (AvgIpc) is 3.47. The van der Waals surface area contributed by atoms with Gasteiger partial charge in [0.2, 0.25) is 5.91 Å². The van der Waals surface area contributed by atoms with Gasteiger partial charge in [0.15, 0.2) is 5.16 Å². The third-order valence-electron chi connectivity index (χ3n) is 5.06. The van der Waals surface area contributed by atoms with Gasteiger partial charge in [-0.3, -0.25) is 4.79 Å². The van der Waals surface area contributed by atoms with Crippen molar-refractivity contribution in [3.8, 4) is 5.69 Å². The molecule has 8 nitrogen and oxygen atoms in total. The molecule has 1 atom stereocenters. The van der Waals surface area contributed by atoms with Crippen LogP contribution in [0.3, 0.4) is 0 Å². The van der Waals surface area contributed by atoms with Crippen LogP contribution in [0.5, 0.6) is 0 Å². The lowest BCUT2D eigenvalue weighted by atomic mass is 10.2. The number of carbonyl (C=O) groups excluding carboxylic acids is 1. The van der Waals surface area contributed by atoms with E-state index in [9.17, 15) is 4.79 Å². The molecule has 158 valence electrons. The number of halogens is 1. The molecule has 0 radical (unpaired) electrons. The van der Waals surface area contributed by atoms with Gasteiger partial charge in [0.1, 0.15) is 12.7 Å². The molecular formula is C20H23ClN6O2S. The molecule has 0 spiro atoms. The Balaban J connectivity index is 1.45. The zero-order chi connectivity index (χ0) is 21.1. The number of carbonyl (C=O) groups is 1. The first-order chi connectivity index (χ1) is 14.5. The van der Waals surface area contributed by atoms with Crippen LogP contribution in [-0.4, -0.2) is 48.7 Å². The van der Waals surface area contributed by atoms with E-state index < -0.39 is 0 Å². The molecular weight excluding hydrogens is 424 g/mol.